The number of ether oxygens (including phenoxy) is 3. The Hall–Kier alpha value is -2.89. The molecule has 0 N–H and O–H groups in total. The van der Waals surface area contributed by atoms with Gasteiger partial charge in [-0.15, -0.1) is 0 Å². The Labute approximate surface area is 466 Å². The third-order valence-electron chi connectivity index (χ3n) is 14.5. The molecule has 1 atom stereocenters. The molecule has 0 saturated carbocycles. The molecule has 436 valence electrons. The number of hydrogen-bond donors (Lipinski definition) is 0. The van der Waals surface area contributed by atoms with Crippen molar-refractivity contribution < 1.29 is 28.6 Å². The van der Waals surface area contributed by atoms with E-state index >= 15 is 0 Å². The average Bonchev–Trinajstić information content (AvgIpc) is 3.41. The van der Waals surface area contributed by atoms with Crippen LogP contribution in [0.5, 0.6) is 0 Å². The fourth-order valence-corrected chi connectivity index (χ4v) is 9.61. The van der Waals surface area contributed by atoms with Crippen molar-refractivity contribution in [1.29, 1.82) is 0 Å². The second-order valence-electron chi connectivity index (χ2n) is 22.0. The molecule has 0 amide bonds. The van der Waals surface area contributed by atoms with Crippen LogP contribution in [0.3, 0.4) is 0 Å². The summed E-state index contributed by atoms with van der Waals surface area (Å²) in [7, 11) is 0. The van der Waals surface area contributed by atoms with Gasteiger partial charge in [-0.05, 0) is 83.5 Å². The van der Waals surface area contributed by atoms with E-state index in [1.807, 2.05) is 0 Å². The van der Waals surface area contributed by atoms with Gasteiger partial charge < -0.3 is 14.2 Å². The highest BCUT2D eigenvalue weighted by atomic mass is 16.6. The molecule has 0 aliphatic carbocycles. The van der Waals surface area contributed by atoms with Gasteiger partial charge in [-0.2, -0.15) is 0 Å². The first-order valence-corrected chi connectivity index (χ1v) is 32.8. The minimum Gasteiger partial charge on any atom is -0.462 e. The van der Waals surface area contributed by atoms with E-state index in [0.29, 0.717) is 19.3 Å². The molecule has 0 aromatic heterocycles. The van der Waals surface area contributed by atoms with E-state index in [0.717, 1.165) is 103 Å². The van der Waals surface area contributed by atoms with Gasteiger partial charge in [0.15, 0.2) is 6.10 Å². The van der Waals surface area contributed by atoms with Crippen molar-refractivity contribution in [2.45, 2.75) is 348 Å². The van der Waals surface area contributed by atoms with Crippen molar-refractivity contribution in [3.05, 3.63) is 60.8 Å². The van der Waals surface area contributed by atoms with E-state index in [4.69, 9.17) is 14.2 Å². The van der Waals surface area contributed by atoms with Gasteiger partial charge in [-0.25, -0.2) is 0 Å². The highest BCUT2D eigenvalue weighted by Gasteiger charge is 2.19. The Morgan fingerprint density at radius 3 is 0.827 bits per heavy atom. The van der Waals surface area contributed by atoms with E-state index in [1.54, 1.807) is 0 Å². The topological polar surface area (TPSA) is 78.9 Å². The fourth-order valence-electron chi connectivity index (χ4n) is 9.61. The quantitative estimate of drug-likeness (QED) is 0.0261. The van der Waals surface area contributed by atoms with Crippen LogP contribution in [0, 0.1) is 0 Å². The van der Waals surface area contributed by atoms with Gasteiger partial charge in [0.1, 0.15) is 13.2 Å². The summed E-state index contributed by atoms with van der Waals surface area (Å²) in [6.07, 6.45) is 81.7. The molecule has 0 aromatic carbocycles. The van der Waals surface area contributed by atoms with Crippen molar-refractivity contribution >= 4 is 17.9 Å². The zero-order valence-corrected chi connectivity index (χ0v) is 50.1. The van der Waals surface area contributed by atoms with E-state index in [-0.39, 0.29) is 31.1 Å². The zero-order valence-electron chi connectivity index (χ0n) is 50.1. The lowest BCUT2D eigenvalue weighted by atomic mass is 10.0. The molecule has 0 bridgehead atoms. The monoisotopic (exact) mass is 1050 g/mol. The molecule has 0 aliphatic rings. The standard InChI is InChI=1S/C69H124O6/c1-4-7-10-13-15-17-19-21-23-25-26-27-28-29-30-31-32-33-34-35-36-37-38-39-40-41-42-44-45-47-49-51-53-56-59-62-68(71)74-65-66(64-73-67(70)61-58-55-12-9-6-3)75-69(72)63-60-57-54-52-50-48-46-43-24-22-20-18-16-14-11-8-5-2/h8,11,16,18,22,24-26,46,48,66H,4-7,9-10,12-15,17,19-21,23,27-45,47,49-65H2,1-3H3/b11-8-,18-16-,24-22-,26-25-,48-46-. The molecule has 0 saturated heterocycles. The molecule has 0 radical (unpaired) electrons. The van der Waals surface area contributed by atoms with Gasteiger partial charge >= 0.3 is 17.9 Å². The number of allylic oxidation sites excluding steroid dienone is 10. The number of carbonyl (C=O) groups is 3. The van der Waals surface area contributed by atoms with Crippen LogP contribution in [0.15, 0.2) is 60.8 Å². The Morgan fingerprint density at radius 1 is 0.280 bits per heavy atom. The lowest BCUT2D eigenvalue weighted by Crippen LogP contribution is -2.30. The van der Waals surface area contributed by atoms with E-state index in [1.165, 1.54) is 199 Å². The molecule has 0 fully saturated rings. The minimum absolute atomic E-state index is 0.0816. The van der Waals surface area contributed by atoms with Crippen molar-refractivity contribution in [3.63, 3.8) is 0 Å². The molecule has 0 aliphatic heterocycles. The van der Waals surface area contributed by atoms with Crippen LogP contribution in [-0.4, -0.2) is 37.2 Å². The zero-order chi connectivity index (χ0) is 54.3. The summed E-state index contributed by atoms with van der Waals surface area (Å²) in [5.41, 5.74) is 0. The number of carbonyl (C=O) groups excluding carboxylic acids is 3. The molecule has 0 spiro atoms. The molecule has 0 aromatic rings. The predicted molar refractivity (Wildman–Crippen MR) is 325 cm³/mol. The highest BCUT2D eigenvalue weighted by Crippen LogP contribution is 2.18. The summed E-state index contributed by atoms with van der Waals surface area (Å²) in [5, 5.41) is 0. The number of esters is 3. The van der Waals surface area contributed by atoms with Crippen LogP contribution in [0.4, 0.5) is 0 Å². The van der Waals surface area contributed by atoms with E-state index in [9.17, 15) is 14.4 Å². The molecular weight excluding hydrogens is 925 g/mol. The second kappa shape index (κ2) is 63.6. The maximum atomic E-state index is 12.8. The Kier molecular flexibility index (Phi) is 61.2. The van der Waals surface area contributed by atoms with Crippen LogP contribution in [-0.2, 0) is 28.6 Å². The highest BCUT2D eigenvalue weighted by molar-refractivity contribution is 5.71. The lowest BCUT2D eigenvalue weighted by molar-refractivity contribution is -0.167. The number of unbranched alkanes of at least 4 members (excludes halogenated alkanes) is 39. The first-order chi connectivity index (χ1) is 37.0. The molecule has 75 heavy (non-hydrogen) atoms. The Bertz CT molecular complexity index is 1340. The molecule has 6 nitrogen and oxygen atoms in total. The molecule has 6 heteroatoms. The van der Waals surface area contributed by atoms with Crippen molar-refractivity contribution in [3.8, 4) is 0 Å². The van der Waals surface area contributed by atoms with Crippen molar-refractivity contribution in [1.82, 2.24) is 0 Å². The molecule has 1 unspecified atom stereocenters. The first kappa shape index (κ1) is 72.1. The average molecular weight is 1050 g/mol. The van der Waals surface area contributed by atoms with Crippen molar-refractivity contribution in [2.24, 2.45) is 0 Å². The molecular formula is C69H124O6. The number of hydrogen-bond acceptors (Lipinski definition) is 6. The SMILES string of the molecule is CC/C=C\C/C=C\C/C=C\C/C=C\CCCCCCC(=O)OC(COC(=O)CCCCCCC)COC(=O)CCCCCCCCCCCCCCCCCCCCCCCCC/C=C\CCCCCCCCCC. The van der Waals surface area contributed by atoms with Crippen LogP contribution in [0.2, 0.25) is 0 Å². The van der Waals surface area contributed by atoms with Gasteiger partial charge in [0.25, 0.3) is 0 Å². The predicted octanol–water partition coefficient (Wildman–Crippen LogP) is 22.3. The summed E-state index contributed by atoms with van der Waals surface area (Å²) in [6, 6.07) is 0. The van der Waals surface area contributed by atoms with Gasteiger partial charge in [-0.1, -0.05) is 300 Å². The van der Waals surface area contributed by atoms with Gasteiger partial charge in [0, 0.05) is 19.3 Å². The molecule has 0 rings (SSSR count). The van der Waals surface area contributed by atoms with Gasteiger partial charge in [0.05, 0.1) is 0 Å². The van der Waals surface area contributed by atoms with Crippen LogP contribution >= 0.6 is 0 Å². The van der Waals surface area contributed by atoms with Crippen molar-refractivity contribution in [2.75, 3.05) is 13.2 Å². The summed E-state index contributed by atoms with van der Waals surface area (Å²) in [6.45, 7) is 6.45. The normalized spacial score (nSPS) is 12.4. The summed E-state index contributed by atoms with van der Waals surface area (Å²) in [4.78, 5) is 37.8. The van der Waals surface area contributed by atoms with Crippen LogP contribution in [0.25, 0.3) is 0 Å². The first-order valence-electron chi connectivity index (χ1n) is 32.8. The summed E-state index contributed by atoms with van der Waals surface area (Å²) in [5.74, 6) is -0.907. The summed E-state index contributed by atoms with van der Waals surface area (Å²) >= 11 is 0. The number of rotatable bonds is 60. The molecule has 0 heterocycles. The van der Waals surface area contributed by atoms with Crippen LogP contribution in [0.1, 0.15) is 342 Å². The maximum absolute atomic E-state index is 12.8. The maximum Gasteiger partial charge on any atom is 0.306 e. The second-order valence-corrected chi connectivity index (χ2v) is 22.0. The minimum atomic E-state index is -0.782. The van der Waals surface area contributed by atoms with Gasteiger partial charge in [-0.3, -0.25) is 14.4 Å². The van der Waals surface area contributed by atoms with E-state index in [2.05, 4.69) is 81.5 Å². The lowest BCUT2D eigenvalue weighted by Gasteiger charge is -2.18. The summed E-state index contributed by atoms with van der Waals surface area (Å²) < 4.78 is 16.7. The van der Waals surface area contributed by atoms with E-state index < -0.39 is 6.10 Å². The smallest absolute Gasteiger partial charge is 0.306 e. The largest absolute Gasteiger partial charge is 0.462 e. The third-order valence-corrected chi connectivity index (χ3v) is 14.5. The Morgan fingerprint density at radius 2 is 0.520 bits per heavy atom. The fraction of sp³-hybridized carbons (Fsp3) is 0.812. The van der Waals surface area contributed by atoms with Crippen LogP contribution < -0.4 is 0 Å². The van der Waals surface area contributed by atoms with Gasteiger partial charge in [0.2, 0.25) is 0 Å². The Balaban J connectivity index is 3.89. The third kappa shape index (κ3) is 61.8.